The highest BCUT2D eigenvalue weighted by Gasteiger charge is 2.42. The van der Waals surface area contributed by atoms with Crippen molar-refractivity contribution in [2.24, 2.45) is 0 Å². The van der Waals surface area contributed by atoms with Crippen LogP contribution in [0.1, 0.15) is 50.6 Å². The number of nitrogens with one attached hydrogen (secondary N) is 1. The first-order chi connectivity index (χ1) is 9.73. The van der Waals surface area contributed by atoms with E-state index in [2.05, 4.69) is 29.3 Å². The number of rotatable bonds is 2. The van der Waals surface area contributed by atoms with Crippen LogP contribution in [-0.2, 0) is 0 Å². The van der Waals surface area contributed by atoms with Crippen molar-refractivity contribution in [1.82, 2.24) is 10.2 Å². The molecule has 3 heteroatoms. The van der Waals surface area contributed by atoms with Gasteiger partial charge in [0.15, 0.2) is 0 Å². The minimum Gasteiger partial charge on any atom is -0.314 e. The standard InChI is InChI=1S/C17H25ClN2/c1-14(15-7-3-4-8-16(15)18)20-12-11-19-13-17(20)9-5-2-6-10-17/h3-4,7-8,14,19H,2,5-6,9-13H2,1H3. The summed E-state index contributed by atoms with van der Waals surface area (Å²) in [5.74, 6) is 0. The second-order valence-corrected chi connectivity index (χ2v) is 6.76. The van der Waals surface area contributed by atoms with Gasteiger partial charge in [-0.2, -0.15) is 0 Å². The highest BCUT2D eigenvalue weighted by molar-refractivity contribution is 6.31. The van der Waals surface area contributed by atoms with E-state index in [1.165, 1.54) is 37.7 Å². The van der Waals surface area contributed by atoms with Crippen LogP contribution in [0, 0.1) is 0 Å². The summed E-state index contributed by atoms with van der Waals surface area (Å²) in [6.07, 6.45) is 6.79. The van der Waals surface area contributed by atoms with Crippen molar-refractivity contribution in [2.45, 2.75) is 50.6 Å². The number of nitrogens with zero attached hydrogens (tertiary/aromatic N) is 1. The predicted molar refractivity (Wildman–Crippen MR) is 85.3 cm³/mol. The molecule has 1 saturated carbocycles. The molecule has 2 fully saturated rings. The Bertz CT molecular complexity index is 446. The molecule has 110 valence electrons. The molecule has 1 heterocycles. The Kier molecular flexibility index (Phi) is 4.34. The minimum absolute atomic E-state index is 0.356. The van der Waals surface area contributed by atoms with E-state index in [0.29, 0.717) is 11.6 Å². The fourth-order valence-electron chi connectivity index (χ4n) is 4.12. The molecule has 1 atom stereocenters. The van der Waals surface area contributed by atoms with Gasteiger partial charge in [0, 0.05) is 36.2 Å². The maximum absolute atomic E-state index is 6.42. The molecule has 1 unspecified atom stereocenters. The SMILES string of the molecule is CC(c1ccccc1Cl)N1CCNCC12CCCCC2. The van der Waals surface area contributed by atoms with Crippen LogP contribution >= 0.6 is 11.6 Å². The van der Waals surface area contributed by atoms with Gasteiger partial charge in [-0.3, -0.25) is 4.90 Å². The summed E-state index contributed by atoms with van der Waals surface area (Å²) in [6.45, 7) is 5.69. The molecule has 3 rings (SSSR count). The third-order valence-corrected chi connectivity index (χ3v) is 5.54. The second-order valence-electron chi connectivity index (χ2n) is 6.35. The van der Waals surface area contributed by atoms with Gasteiger partial charge in [0.25, 0.3) is 0 Å². The summed E-state index contributed by atoms with van der Waals surface area (Å²) < 4.78 is 0. The fraction of sp³-hybridized carbons (Fsp3) is 0.647. The van der Waals surface area contributed by atoms with Gasteiger partial charge in [-0.25, -0.2) is 0 Å². The summed E-state index contributed by atoms with van der Waals surface area (Å²) >= 11 is 6.42. The summed E-state index contributed by atoms with van der Waals surface area (Å²) in [5, 5.41) is 4.53. The van der Waals surface area contributed by atoms with Gasteiger partial charge in [-0.15, -0.1) is 0 Å². The number of piperazine rings is 1. The van der Waals surface area contributed by atoms with Crippen molar-refractivity contribution >= 4 is 11.6 Å². The number of hydrogen-bond acceptors (Lipinski definition) is 2. The molecule has 1 aliphatic carbocycles. The Morgan fingerprint density at radius 3 is 2.70 bits per heavy atom. The van der Waals surface area contributed by atoms with E-state index >= 15 is 0 Å². The molecule has 0 radical (unpaired) electrons. The van der Waals surface area contributed by atoms with E-state index in [-0.39, 0.29) is 0 Å². The van der Waals surface area contributed by atoms with Crippen molar-refractivity contribution in [3.05, 3.63) is 34.9 Å². The van der Waals surface area contributed by atoms with Crippen LogP contribution in [0.5, 0.6) is 0 Å². The van der Waals surface area contributed by atoms with Crippen LogP contribution in [0.15, 0.2) is 24.3 Å². The molecular weight excluding hydrogens is 268 g/mol. The van der Waals surface area contributed by atoms with Gasteiger partial charge in [-0.05, 0) is 31.4 Å². The molecule has 1 N–H and O–H groups in total. The highest BCUT2D eigenvalue weighted by Crippen LogP contribution is 2.40. The van der Waals surface area contributed by atoms with Crippen LogP contribution in [0.2, 0.25) is 5.02 Å². The maximum Gasteiger partial charge on any atom is 0.0453 e. The van der Waals surface area contributed by atoms with Crippen LogP contribution in [-0.4, -0.2) is 30.1 Å². The first-order valence-electron chi connectivity index (χ1n) is 7.95. The van der Waals surface area contributed by atoms with Crippen LogP contribution in [0.25, 0.3) is 0 Å². The van der Waals surface area contributed by atoms with Crippen LogP contribution in [0.3, 0.4) is 0 Å². The Balaban J connectivity index is 1.88. The van der Waals surface area contributed by atoms with Crippen molar-refractivity contribution < 1.29 is 0 Å². The zero-order valence-corrected chi connectivity index (χ0v) is 13.1. The summed E-state index contributed by atoms with van der Waals surface area (Å²) in [7, 11) is 0. The average Bonchev–Trinajstić information content (AvgIpc) is 2.48. The second kappa shape index (κ2) is 6.05. The normalized spacial score (nSPS) is 24.7. The Morgan fingerprint density at radius 1 is 1.20 bits per heavy atom. The van der Waals surface area contributed by atoms with E-state index in [1.807, 2.05) is 12.1 Å². The quantitative estimate of drug-likeness (QED) is 0.886. The Morgan fingerprint density at radius 2 is 1.95 bits per heavy atom. The smallest absolute Gasteiger partial charge is 0.0453 e. The molecule has 1 aliphatic heterocycles. The monoisotopic (exact) mass is 292 g/mol. The highest BCUT2D eigenvalue weighted by atomic mass is 35.5. The maximum atomic E-state index is 6.42. The molecule has 1 aromatic carbocycles. The lowest BCUT2D eigenvalue weighted by Crippen LogP contribution is -2.62. The number of benzene rings is 1. The average molecular weight is 293 g/mol. The summed E-state index contributed by atoms with van der Waals surface area (Å²) in [5.41, 5.74) is 1.63. The Labute approximate surface area is 127 Å². The molecule has 1 spiro atoms. The van der Waals surface area contributed by atoms with Crippen LogP contribution < -0.4 is 5.32 Å². The van der Waals surface area contributed by atoms with Gasteiger partial charge in [-0.1, -0.05) is 49.1 Å². The molecule has 0 amide bonds. The van der Waals surface area contributed by atoms with Gasteiger partial charge in [0.2, 0.25) is 0 Å². The van der Waals surface area contributed by atoms with E-state index < -0.39 is 0 Å². The molecule has 2 aliphatic rings. The Hall–Kier alpha value is -0.570. The van der Waals surface area contributed by atoms with E-state index in [9.17, 15) is 0 Å². The van der Waals surface area contributed by atoms with Gasteiger partial charge in [0.05, 0.1) is 0 Å². The van der Waals surface area contributed by atoms with Crippen LogP contribution in [0.4, 0.5) is 0 Å². The molecule has 1 saturated heterocycles. The predicted octanol–water partition coefficient (Wildman–Crippen LogP) is 4.01. The lowest BCUT2D eigenvalue weighted by Gasteiger charge is -2.52. The van der Waals surface area contributed by atoms with Gasteiger partial charge in [0.1, 0.15) is 0 Å². The lowest BCUT2D eigenvalue weighted by atomic mass is 9.78. The molecule has 20 heavy (non-hydrogen) atoms. The minimum atomic E-state index is 0.356. The summed E-state index contributed by atoms with van der Waals surface area (Å²) in [4.78, 5) is 2.73. The first kappa shape index (κ1) is 14.4. The summed E-state index contributed by atoms with van der Waals surface area (Å²) in [6, 6.07) is 8.73. The molecule has 1 aromatic rings. The van der Waals surface area contributed by atoms with Crippen molar-refractivity contribution in [3.8, 4) is 0 Å². The third-order valence-electron chi connectivity index (χ3n) is 5.20. The van der Waals surface area contributed by atoms with E-state index in [4.69, 9.17) is 11.6 Å². The molecule has 2 nitrogen and oxygen atoms in total. The van der Waals surface area contributed by atoms with E-state index in [1.54, 1.807) is 0 Å². The van der Waals surface area contributed by atoms with Crippen molar-refractivity contribution in [1.29, 1.82) is 0 Å². The zero-order chi connectivity index (χ0) is 14.0. The largest absolute Gasteiger partial charge is 0.314 e. The first-order valence-corrected chi connectivity index (χ1v) is 8.33. The fourth-order valence-corrected chi connectivity index (χ4v) is 4.41. The lowest BCUT2D eigenvalue weighted by molar-refractivity contribution is -0.00275. The molecule has 0 bridgehead atoms. The van der Waals surface area contributed by atoms with Gasteiger partial charge >= 0.3 is 0 Å². The number of hydrogen-bond donors (Lipinski definition) is 1. The van der Waals surface area contributed by atoms with Crippen molar-refractivity contribution in [2.75, 3.05) is 19.6 Å². The zero-order valence-electron chi connectivity index (χ0n) is 12.4. The molecular formula is C17H25ClN2. The van der Waals surface area contributed by atoms with Gasteiger partial charge < -0.3 is 5.32 Å². The van der Waals surface area contributed by atoms with E-state index in [0.717, 1.165) is 24.7 Å². The van der Waals surface area contributed by atoms with Crippen molar-refractivity contribution in [3.63, 3.8) is 0 Å². The topological polar surface area (TPSA) is 15.3 Å². The third kappa shape index (κ3) is 2.61. The number of halogens is 1. The molecule has 0 aromatic heterocycles.